The van der Waals surface area contributed by atoms with E-state index in [2.05, 4.69) is 0 Å². The highest BCUT2D eigenvalue weighted by atomic mass is 19.4. The number of hydrogen-bond donors (Lipinski definition) is 0. The van der Waals surface area contributed by atoms with E-state index in [1.165, 1.54) is 29.2 Å². The van der Waals surface area contributed by atoms with Gasteiger partial charge in [-0.15, -0.1) is 0 Å². The van der Waals surface area contributed by atoms with Crippen LogP contribution in [0, 0.1) is 5.82 Å². The van der Waals surface area contributed by atoms with Gasteiger partial charge in [0.25, 0.3) is 0 Å². The summed E-state index contributed by atoms with van der Waals surface area (Å²) in [4.78, 5) is 25.2. The molecule has 0 radical (unpaired) electrons. The van der Waals surface area contributed by atoms with Crippen LogP contribution in [0.25, 0.3) is 0 Å². The van der Waals surface area contributed by atoms with Crippen LogP contribution in [0.5, 0.6) is 0 Å². The maximum absolute atomic E-state index is 12.8. The predicted octanol–water partition coefficient (Wildman–Crippen LogP) is 1.60. The van der Waals surface area contributed by atoms with Gasteiger partial charge in [-0.05, 0) is 17.7 Å². The Kier molecular flexibility index (Phi) is 4.68. The molecule has 2 amide bonds. The number of carbonyl (C=O) groups is 2. The van der Waals surface area contributed by atoms with Crippen LogP contribution in [0.2, 0.25) is 0 Å². The van der Waals surface area contributed by atoms with Crippen molar-refractivity contribution in [2.75, 3.05) is 26.2 Å². The summed E-state index contributed by atoms with van der Waals surface area (Å²) < 4.78 is 49.7. The Bertz CT molecular complexity index is 549. The van der Waals surface area contributed by atoms with Crippen LogP contribution in [0.3, 0.4) is 0 Å². The topological polar surface area (TPSA) is 40.6 Å². The summed E-state index contributed by atoms with van der Waals surface area (Å²) in [5.74, 6) is -2.54. The van der Waals surface area contributed by atoms with Crippen LogP contribution in [-0.2, 0) is 16.0 Å². The number of amides is 2. The van der Waals surface area contributed by atoms with Crippen LogP contribution in [0.1, 0.15) is 5.56 Å². The predicted molar refractivity (Wildman–Crippen MR) is 69.3 cm³/mol. The molecule has 8 heteroatoms. The first-order valence-corrected chi connectivity index (χ1v) is 6.65. The van der Waals surface area contributed by atoms with Gasteiger partial charge in [0.15, 0.2) is 0 Å². The molecule has 1 aromatic rings. The summed E-state index contributed by atoms with van der Waals surface area (Å²) in [6.07, 6.45) is -4.84. The van der Waals surface area contributed by atoms with Crippen molar-refractivity contribution in [1.29, 1.82) is 0 Å². The fourth-order valence-electron chi connectivity index (χ4n) is 2.23. The van der Waals surface area contributed by atoms with E-state index in [0.29, 0.717) is 10.5 Å². The Balaban J connectivity index is 1.87. The molecule has 0 spiro atoms. The second-order valence-electron chi connectivity index (χ2n) is 4.97. The molecule has 1 heterocycles. The monoisotopic (exact) mass is 318 g/mol. The second-order valence-corrected chi connectivity index (χ2v) is 4.97. The lowest BCUT2D eigenvalue weighted by Crippen LogP contribution is -2.53. The van der Waals surface area contributed by atoms with Gasteiger partial charge in [-0.25, -0.2) is 4.39 Å². The number of hydrogen-bond acceptors (Lipinski definition) is 2. The minimum Gasteiger partial charge on any atom is -0.339 e. The van der Waals surface area contributed by atoms with Gasteiger partial charge in [-0.1, -0.05) is 12.1 Å². The smallest absolute Gasteiger partial charge is 0.339 e. The van der Waals surface area contributed by atoms with Crippen molar-refractivity contribution in [3.63, 3.8) is 0 Å². The van der Waals surface area contributed by atoms with Crippen molar-refractivity contribution in [3.05, 3.63) is 35.6 Å². The molecule has 120 valence electrons. The van der Waals surface area contributed by atoms with E-state index in [1.54, 1.807) is 0 Å². The SMILES string of the molecule is O=C(Cc1ccc(F)cc1)N1CCN(C(=O)C(F)(F)F)CC1. The van der Waals surface area contributed by atoms with Crippen molar-refractivity contribution in [2.24, 2.45) is 0 Å². The molecule has 1 aliphatic heterocycles. The number of nitrogens with zero attached hydrogens (tertiary/aromatic N) is 2. The molecule has 0 unspecified atom stereocenters. The van der Waals surface area contributed by atoms with E-state index in [1.807, 2.05) is 0 Å². The molecule has 0 atom stereocenters. The van der Waals surface area contributed by atoms with Gasteiger partial charge in [0.1, 0.15) is 5.82 Å². The van der Waals surface area contributed by atoms with Crippen LogP contribution >= 0.6 is 0 Å². The summed E-state index contributed by atoms with van der Waals surface area (Å²) in [6.45, 7) is -0.176. The van der Waals surface area contributed by atoms with E-state index in [9.17, 15) is 27.2 Å². The van der Waals surface area contributed by atoms with Crippen LogP contribution in [-0.4, -0.2) is 54.0 Å². The molecule has 0 saturated carbocycles. The Labute approximate surface area is 124 Å². The largest absolute Gasteiger partial charge is 0.471 e. The molecular formula is C14H14F4N2O2. The number of alkyl halides is 3. The number of halogens is 4. The molecule has 0 aromatic heterocycles. The highest BCUT2D eigenvalue weighted by molar-refractivity contribution is 5.83. The molecule has 4 nitrogen and oxygen atoms in total. The number of benzene rings is 1. The average molecular weight is 318 g/mol. The van der Waals surface area contributed by atoms with Gasteiger partial charge in [0, 0.05) is 26.2 Å². The summed E-state index contributed by atoms with van der Waals surface area (Å²) in [5, 5.41) is 0. The highest BCUT2D eigenvalue weighted by Crippen LogP contribution is 2.19. The highest BCUT2D eigenvalue weighted by Gasteiger charge is 2.43. The van der Waals surface area contributed by atoms with Crippen molar-refractivity contribution in [1.82, 2.24) is 9.80 Å². The van der Waals surface area contributed by atoms with Crippen molar-refractivity contribution >= 4 is 11.8 Å². The molecular weight excluding hydrogens is 304 g/mol. The van der Waals surface area contributed by atoms with E-state index < -0.39 is 17.9 Å². The minimum atomic E-state index is -4.89. The van der Waals surface area contributed by atoms with Gasteiger partial charge in [0.05, 0.1) is 6.42 Å². The zero-order chi connectivity index (χ0) is 16.3. The zero-order valence-corrected chi connectivity index (χ0v) is 11.6. The molecule has 0 bridgehead atoms. The van der Waals surface area contributed by atoms with Crippen LogP contribution in [0.4, 0.5) is 17.6 Å². The lowest BCUT2D eigenvalue weighted by atomic mass is 10.1. The molecule has 2 rings (SSSR count). The first-order valence-electron chi connectivity index (χ1n) is 6.65. The Hall–Kier alpha value is -2.12. The normalized spacial score (nSPS) is 15.8. The third-order valence-corrected chi connectivity index (χ3v) is 3.43. The molecule has 1 fully saturated rings. The standard InChI is InChI=1S/C14H14F4N2O2/c15-11-3-1-10(2-4-11)9-12(21)19-5-7-20(8-6-19)13(22)14(16,17)18/h1-4H,5-9H2. The Morgan fingerprint density at radius 1 is 0.955 bits per heavy atom. The number of rotatable bonds is 2. The molecule has 0 aliphatic carbocycles. The summed E-state index contributed by atoms with van der Waals surface area (Å²) in [6, 6.07) is 5.44. The molecule has 0 N–H and O–H groups in total. The van der Waals surface area contributed by atoms with Gasteiger partial charge in [-0.2, -0.15) is 13.2 Å². The van der Waals surface area contributed by atoms with Crippen molar-refractivity contribution < 1.29 is 27.2 Å². The van der Waals surface area contributed by atoms with Gasteiger partial charge < -0.3 is 9.80 Å². The fourth-order valence-corrected chi connectivity index (χ4v) is 2.23. The first kappa shape index (κ1) is 16.3. The third kappa shape index (κ3) is 3.96. The van der Waals surface area contributed by atoms with Crippen molar-refractivity contribution in [3.8, 4) is 0 Å². The average Bonchev–Trinajstić information content (AvgIpc) is 2.48. The third-order valence-electron chi connectivity index (χ3n) is 3.43. The maximum atomic E-state index is 12.8. The molecule has 1 aliphatic rings. The van der Waals surface area contributed by atoms with Gasteiger partial charge in [0.2, 0.25) is 5.91 Å². The Morgan fingerprint density at radius 2 is 1.45 bits per heavy atom. The van der Waals surface area contributed by atoms with E-state index >= 15 is 0 Å². The summed E-state index contributed by atoms with van der Waals surface area (Å²) in [5.41, 5.74) is 0.625. The second kappa shape index (κ2) is 6.33. The lowest BCUT2D eigenvalue weighted by Gasteiger charge is -2.35. The fraction of sp³-hybridized carbons (Fsp3) is 0.429. The van der Waals surface area contributed by atoms with E-state index in [0.717, 1.165) is 0 Å². The van der Waals surface area contributed by atoms with E-state index in [4.69, 9.17) is 0 Å². The maximum Gasteiger partial charge on any atom is 0.471 e. The summed E-state index contributed by atoms with van der Waals surface area (Å²) >= 11 is 0. The van der Waals surface area contributed by atoms with Gasteiger partial charge in [-0.3, -0.25) is 9.59 Å². The minimum absolute atomic E-state index is 0.0491. The lowest BCUT2D eigenvalue weighted by molar-refractivity contribution is -0.187. The van der Waals surface area contributed by atoms with Crippen molar-refractivity contribution in [2.45, 2.75) is 12.6 Å². The molecule has 1 aromatic carbocycles. The number of carbonyl (C=O) groups excluding carboxylic acids is 2. The molecule has 1 saturated heterocycles. The quantitative estimate of drug-likeness (QED) is 0.777. The summed E-state index contributed by atoms with van der Waals surface area (Å²) in [7, 11) is 0. The first-order chi connectivity index (χ1) is 10.3. The zero-order valence-electron chi connectivity index (χ0n) is 11.6. The Morgan fingerprint density at radius 3 is 1.95 bits per heavy atom. The number of piperazine rings is 1. The molecule has 22 heavy (non-hydrogen) atoms. The van der Waals surface area contributed by atoms with Crippen LogP contribution in [0.15, 0.2) is 24.3 Å². The van der Waals surface area contributed by atoms with Gasteiger partial charge >= 0.3 is 12.1 Å². The van der Waals surface area contributed by atoms with Crippen LogP contribution < -0.4 is 0 Å². The van der Waals surface area contributed by atoms with E-state index in [-0.39, 0.29) is 38.5 Å².